The molecule has 68 valence electrons. The van der Waals surface area contributed by atoms with E-state index in [2.05, 4.69) is 6.92 Å². The van der Waals surface area contributed by atoms with Gasteiger partial charge in [-0.05, 0) is 6.04 Å². The Hall–Kier alpha value is 0.0769. The normalized spacial score (nSPS) is 10.9. The number of halogens is 2. The molecule has 0 aromatic heterocycles. The van der Waals surface area contributed by atoms with Gasteiger partial charge in [0.25, 0.3) is 0 Å². The topological polar surface area (TPSA) is 0 Å². The minimum absolute atomic E-state index is 0.228. The molecule has 0 nitrogen and oxygen atoms in total. The molecule has 11 heavy (non-hydrogen) atoms. The number of hydrogen-bond acceptors (Lipinski definition) is 0. The van der Waals surface area contributed by atoms with Gasteiger partial charge in [-0.25, -0.2) is 0 Å². The zero-order valence-corrected chi connectivity index (χ0v) is 8.44. The zero-order valence-electron chi connectivity index (χ0n) is 7.28. The van der Waals surface area contributed by atoms with E-state index in [0.717, 1.165) is 19.3 Å². The summed E-state index contributed by atoms with van der Waals surface area (Å²) in [4.78, 5) is 0. The molecule has 0 aliphatic carbocycles. The maximum absolute atomic E-state index is 11.7. The number of unbranched alkanes of at least 4 members (excludes halogenated alkanes) is 5. The predicted octanol–water partition coefficient (Wildman–Crippen LogP) is 3.51. The highest BCUT2D eigenvalue weighted by Gasteiger charge is 2.04. The summed E-state index contributed by atoms with van der Waals surface area (Å²) in [5.41, 5.74) is 0. The Bertz CT molecular complexity index is 76.5. The Labute approximate surface area is 70.0 Å². The van der Waals surface area contributed by atoms with Crippen molar-refractivity contribution >= 4 is 9.46 Å². The first-order valence-corrected chi connectivity index (χ1v) is 6.24. The lowest BCUT2D eigenvalue weighted by atomic mass is 10.1. The molecule has 0 spiro atoms. The summed E-state index contributed by atoms with van der Waals surface area (Å²) in [5, 5.41) is 0. The Morgan fingerprint density at radius 2 is 1.45 bits per heavy atom. The fourth-order valence-electron chi connectivity index (χ4n) is 1.08. The van der Waals surface area contributed by atoms with Crippen LogP contribution in [-0.2, 0) is 0 Å². The van der Waals surface area contributed by atoms with E-state index in [-0.39, 0.29) is 6.04 Å². The molecular weight excluding hydrogens is 162 g/mol. The highest BCUT2D eigenvalue weighted by molar-refractivity contribution is 6.42. The molecule has 0 heterocycles. The third kappa shape index (κ3) is 10.1. The van der Waals surface area contributed by atoms with E-state index >= 15 is 0 Å². The molecule has 0 saturated heterocycles. The van der Waals surface area contributed by atoms with Crippen molar-refractivity contribution in [2.75, 3.05) is 0 Å². The van der Waals surface area contributed by atoms with Crippen LogP contribution in [0.2, 0.25) is 6.04 Å². The average Bonchev–Trinajstić information content (AvgIpc) is 1.96. The SMILES string of the molecule is CCCCCCCC[SiH](F)F. The molecule has 0 N–H and O–H groups in total. The summed E-state index contributed by atoms with van der Waals surface area (Å²) in [6.45, 7) is 2.16. The molecule has 0 amide bonds. The van der Waals surface area contributed by atoms with Gasteiger partial charge >= 0.3 is 9.46 Å². The van der Waals surface area contributed by atoms with Gasteiger partial charge in [0.05, 0.1) is 0 Å². The molecule has 0 aliphatic heterocycles. The molecular formula is C8H18F2Si. The van der Waals surface area contributed by atoms with Crippen LogP contribution in [0.4, 0.5) is 8.22 Å². The number of hydrogen-bond donors (Lipinski definition) is 0. The van der Waals surface area contributed by atoms with Crippen LogP contribution in [0.5, 0.6) is 0 Å². The first-order chi connectivity index (χ1) is 5.27. The summed E-state index contributed by atoms with van der Waals surface area (Å²) in [6, 6.07) is 0.228. The van der Waals surface area contributed by atoms with Gasteiger partial charge in [-0.3, -0.25) is 8.22 Å². The second-order valence-electron chi connectivity index (χ2n) is 2.95. The first kappa shape index (κ1) is 11.1. The van der Waals surface area contributed by atoms with Crippen LogP contribution in [0.15, 0.2) is 0 Å². The molecule has 0 aromatic carbocycles. The Morgan fingerprint density at radius 3 is 2.00 bits per heavy atom. The molecule has 0 saturated carbocycles. The largest absolute Gasteiger partial charge is 0.411 e. The molecule has 3 heteroatoms. The Balaban J connectivity index is 2.80. The van der Waals surface area contributed by atoms with Crippen LogP contribution < -0.4 is 0 Å². The molecule has 0 aromatic rings. The summed E-state index contributed by atoms with van der Waals surface area (Å²) in [7, 11) is -3.23. The van der Waals surface area contributed by atoms with Crippen molar-refractivity contribution in [2.45, 2.75) is 51.5 Å². The number of rotatable bonds is 7. The van der Waals surface area contributed by atoms with Crippen LogP contribution in [0.3, 0.4) is 0 Å². The second kappa shape index (κ2) is 8.18. The van der Waals surface area contributed by atoms with Crippen LogP contribution >= 0.6 is 0 Å². The van der Waals surface area contributed by atoms with Crippen molar-refractivity contribution in [1.82, 2.24) is 0 Å². The second-order valence-corrected chi connectivity index (χ2v) is 4.31. The average molecular weight is 180 g/mol. The lowest BCUT2D eigenvalue weighted by molar-refractivity contribution is 0.596. The van der Waals surface area contributed by atoms with Crippen molar-refractivity contribution in [3.63, 3.8) is 0 Å². The van der Waals surface area contributed by atoms with Gasteiger partial charge in [-0.15, -0.1) is 0 Å². The van der Waals surface area contributed by atoms with Gasteiger partial charge < -0.3 is 0 Å². The Morgan fingerprint density at radius 1 is 0.909 bits per heavy atom. The lowest BCUT2D eigenvalue weighted by Crippen LogP contribution is -1.94. The van der Waals surface area contributed by atoms with Crippen molar-refractivity contribution in [3.8, 4) is 0 Å². The predicted molar refractivity (Wildman–Crippen MR) is 47.5 cm³/mol. The third-order valence-corrected chi connectivity index (χ3v) is 2.62. The van der Waals surface area contributed by atoms with Crippen molar-refractivity contribution < 1.29 is 8.22 Å². The van der Waals surface area contributed by atoms with Gasteiger partial charge in [0.15, 0.2) is 0 Å². The van der Waals surface area contributed by atoms with E-state index in [4.69, 9.17) is 0 Å². The van der Waals surface area contributed by atoms with Crippen molar-refractivity contribution in [3.05, 3.63) is 0 Å². The fraction of sp³-hybridized carbons (Fsp3) is 1.00. The van der Waals surface area contributed by atoms with Gasteiger partial charge in [0, 0.05) is 0 Å². The van der Waals surface area contributed by atoms with E-state index < -0.39 is 9.46 Å². The van der Waals surface area contributed by atoms with Crippen LogP contribution in [0, 0.1) is 0 Å². The van der Waals surface area contributed by atoms with Crippen molar-refractivity contribution in [2.24, 2.45) is 0 Å². The van der Waals surface area contributed by atoms with Crippen molar-refractivity contribution in [1.29, 1.82) is 0 Å². The minimum atomic E-state index is -3.23. The van der Waals surface area contributed by atoms with E-state index in [1.165, 1.54) is 19.3 Å². The van der Waals surface area contributed by atoms with Gasteiger partial charge in [-0.1, -0.05) is 45.4 Å². The highest BCUT2D eigenvalue weighted by atomic mass is 28.4. The summed E-state index contributed by atoms with van der Waals surface area (Å²) < 4.78 is 23.5. The standard InChI is InChI=1S/C8H18F2Si/c1-2-3-4-5-6-7-8-11(9)10/h11H,2-8H2,1H3. The van der Waals surface area contributed by atoms with E-state index in [1.54, 1.807) is 0 Å². The summed E-state index contributed by atoms with van der Waals surface area (Å²) in [6.07, 6.45) is 6.62. The minimum Gasteiger partial charge on any atom is -0.275 e. The zero-order chi connectivity index (χ0) is 8.53. The van der Waals surface area contributed by atoms with Gasteiger partial charge in [-0.2, -0.15) is 0 Å². The molecule has 0 radical (unpaired) electrons. The molecule has 0 rings (SSSR count). The summed E-state index contributed by atoms with van der Waals surface area (Å²) >= 11 is 0. The maximum atomic E-state index is 11.7. The Kier molecular flexibility index (Phi) is 8.23. The quantitative estimate of drug-likeness (QED) is 0.319. The van der Waals surface area contributed by atoms with E-state index in [1.807, 2.05) is 0 Å². The van der Waals surface area contributed by atoms with Crippen LogP contribution in [0.1, 0.15) is 45.4 Å². The van der Waals surface area contributed by atoms with E-state index in [0.29, 0.717) is 0 Å². The molecule has 0 unspecified atom stereocenters. The molecule has 0 bridgehead atoms. The fourth-order valence-corrected chi connectivity index (χ4v) is 1.68. The third-order valence-electron chi connectivity index (χ3n) is 1.78. The van der Waals surface area contributed by atoms with Crippen LogP contribution in [-0.4, -0.2) is 9.46 Å². The van der Waals surface area contributed by atoms with Crippen LogP contribution in [0.25, 0.3) is 0 Å². The molecule has 0 atom stereocenters. The summed E-state index contributed by atoms with van der Waals surface area (Å²) in [5.74, 6) is 0. The highest BCUT2D eigenvalue weighted by Crippen LogP contribution is 2.09. The van der Waals surface area contributed by atoms with Gasteiger partial charge in [0.2, 0.25) is 0 Å². The monoisotopic (exact) mass is 180 g/mol. The first-order valence-electron chi connectivity index (χ1n) is 4.55. The maximum Gasteiger partial charge on any atom is 0.411 e. The molecule has 0 aliphatic rings. The van der Waals surface area contributed by atoms with E-state index in [9.17, 15) is 8.22 Å². The lowest BCUT2D eigenvalue weighted by Gasteiger charge is -1.98. The molecule has 0 fully saturated rings. The smallest absolute Gasteiger partial charge is 0.275 e. The van der Waals surface area contributed by atoms with Gasteiger partial charge in [0.1, 0.15) is 0 Å².